The van der Waals surface area contributed by atoms with Crippen molar-refractivity contribution in [1.82, 2.24) is 0 Å². The molecule has 4 nitrogen and oxygen atoms in total. The zero-order valence-corrected chi connectivity index (χ0v) is 17.6. The predicted molar refractivity (Wildman–Crippen MR) is 110 cm³/mol. The van der Waals surface area contributed by atoms with Gasteiger partial charge in [0.1, 0.15) is 5.00 Å². The third-order valence-electron chi connectivity index (χ3n) is 5.48. The summed E-state index contributed by atoms with van der Waals surface area (Å²) in [7, 11) is 0. The second-order valence-corrected chi connectivity index (χ2v) is 10.4. The van der Waals surface area contributed by atoms with Crippen LogP contribution in [0.5, 0.6) is 0 Å². The number of carbonyl (C=O) groups excluding carboxylic acids is 2. The molecule has 2 heterocycles. The summed E-state index contributed by atoms with van der Waals surface area (Å²) in [5.74, 6) is 0.0107. The third-order valence-corrected chi connectivity index (χ3v) is 7.66. The van der Waals surface area contributed by atoms with E-state index in [0.29, 0.717) is 16.5 Å². The first-order valence-electron chi connectivity index (χ1n) is 8.90. The molecule has 26 heavy (non-hydrogen) atoms. The number of nitrogens with two attached hydrogens (primary N) is 1. The normalized spacial score (nSPS) is 17.0. The Morgan fingerprint density at radius 3 is 2.58 bits per heavy atom. The number of primary amides is 1. The highest BCUT2D eigenvalue weighted by Crippen LogP contribution is 2.41. The standard InChI is InChI=1S/C20H26N2O2S2/c1-10-11(2)26-19(16(10)17(21)23)22-18(24)14-9-25-15-8-12(20(3,4)5)6-7-13(14)15/h9,12H,6-8H2,1-5H3,(H2,21,23)(H,22,24). The molecule has 1 aliphatic rings. The summed E-state index contributed by atoms with van der Waals surface area (Å²) >= 11 is 3.09. The Labute approximate surface area is 162 Å². The van der Waals surface area contributed by atoms with Gasteiger partial charge in [-0.05, 0) is 55.6 Å². The molecule has 0 fully saturated rings. The van der Waals surface area contributed by atoms with Gasteiger partial charge < -0.3 is 11.1 Å². The van der Waals surface area contributed by atoms with Gasteiger partial charge in [0.25, 0.3) is 11.8 Å². The Balaban J connectivity index is 1.85. The lowest BCUT2D eigenvalue weighted by Gasteiger charge is -2.34. The van der Waals surface area contributed by atoms with Crippen LogP contribution in [0.15, 0.2) is 5.38 Å². The van der Waals surface area contributed by atoms with Crippen molar-refractivity contribution in [2.24, 2.45) is 17.1 Å². The number of rotatable bonds is 3. The van der Waals surface area contributed by atoms with Crippen LogP contribution in [0.3, 0.4) is 0 Å². The second-order valence-electron chi connectivity index (χ2n) is 8.16. The molecule has 1 atom stereocenters. The Bertz CT molecular complexity index is 871. The van der Waals surface area contributed by atoms with E-state index in [2.05, 4.69) is 26.1 Å². The summed E-state index contributed by atoms with van der Waals surface area (Å²) in [6, 6.07) is 0. The van der Waals surface area contributed by atoms with Crippen LogP contribution in [0, 0.1) is 25.2 Å². The fourth-order valence-corrected chi connectivity index (χ4v) is 5.85. The molecule has 3 N–H and O–H groups in total. The SMILES string of the molecule is Cc1sc(NC(=O)c2csc3c2CCC(C(C)(C)C)C3)c(C(N)=O)c1C. The van der Waals surface area contributed by atoms with Crippen LogP contribution in [0.2, 0.25) is 0 Å². The number of fused-ring (bicyclic) bond motifs is 1. The van der Waals surface area contributed by atoms with E-state index in [1.807, 2.05) is 19.2 Å². The molecule has 0 aliphatic heterocycles. The largest absolute Gasteiger partial charge is 0.365 e. The molecule has 2 aromatic heterocycles. The highest BCUT2D eigenvalue weighted by atomic mass is 32.1. The van der Waals surface area contributed by atoms with Crippen molar-refractivity contribution < 1.29 is 9.59 Å². The Hall–Kier alpha value is -1.66. The number of aryl methyl sites for hydroxylation is 1. The van der Waals surface area contributed by atoms with E-state index < -0.39 is 5.91 Å². The monoisotopic (exact) mass is 390 g/mol. The average molecular weight is 391 g/mol. The van der Waals surface area contributed by atoms with Crippen LogP contribution in [-0.4, -0.2) is 11.8 Å². The van der Waals surface area contributed by atoms with Gasteiger partial charge in [0.2, 0.25) is 0 Å². The lowest BCUT2D eigenvalue weighted by Crippen LogP contribution is -2.27. The lowest BCUT2D eigenvalue weighted by molar-refractivity contribution is 0.100. The first-order valence-corrected chi connectivity index (χ1v) is 10.6. The zero-order valence-electron chi connectivity index (χ0n) is 16.0. The minimum absolute atomic E-state index is 0.138. The number of amides is 2. The molecule has 2 aromatic rings. The second kappa shape index (κ2) is 6.82. The van der Waals surface area contributed by atoms with Gasteiger partial charge in [0.15, 0.2) is 0 Å². The van der Waals surface area contributed by atoms with Gasteiger partial charge in [-0.15, -0.1) is 22.7 Å². The summed E-state index contributed by atoms with van der Waals surface area (Å²) in [5.41, 5.74) is 8.99. The highest BCUT2D eigenvalue weighted by Gasteiger charge is 2.32. The number of thiophene rings is 2. The van der Waals surface area contributed by atoms with E-state index in [9.17, 15) is 9.59 Å². The van der Waals surface area contributed by atoms with Crippen molar-refractivity contribution in [2.45, 2.75) is 53.9 Å². The number of hydrogen-bond donors (Lipinski definition) is 2. The maximum atomic E-state index is 12.9. The topological polar surface area (TPSA) is 72.2 Å². The molecule has 0 radical (unpaired) electrons. The van der Waals surface area contributed by atoms with Crippen LogP contribution in [0.25, 0.3) is 0 Å². The number of carbonyl (C=O) groups is 2. The molecule has 2 amide bonds. The van der Waals surface area contributed by atoms with Gasteiger partial charge in [-0.1, -0.05) is 20.8 Å². The minimum Gasteiger partial charge on any atom is -0.365 e. The number of hydrogen-bond acceptors (Lipinski definition) is 4. The quantitative estimate of drug-likeness (QED) is 0.780. The molecule has 3 rings (SSSR count). The molecule has 6 heteroatoms. The van der Waals surface area contributed by atoms with Gasteiger partial charge in [-0.25, -0.2) is 0 Å². The van der Waals surface area contributed by atoms with Crippen molar-refractivity contribution in [3.05, 3.63) is 37.4 Å². The van der Waals surface area contributed by atoms with Gasteiger partial charge in [-0.2, -0.15) is 0 Å². The molecule has 0 saturated carbocycles. The van der Waals surface area contributed by atoms with Crippen LogP contribution in [0.4, 0.5) is 5.00 Å². The summed E-state index contributed by atoms with van der Waals surface area (Å²) in [6.45, 7) is 10.7. The van der Waals surface area contributed by atoms with Gasteiger partial charge in [0.05, 0.1) is 11.1 Å². The maximum absolute atomic E-state index is 12.9. The first-order chi connectivity index (χ1) is 12.1. The van der Waals surface area contributed by atoms with E-state index in [1.54, 1.807) is 11.3 Å². The molecule has 0 aromatic carbocycles. The van der Waals surface area contributed by atoms with Crippen molar-refractivity contribution in [3.8, 4) is 0 Å². The number of anilines is 1. The minimum atomic E-state index is -0.498. The third kappa shape index (κ3) is 3.45. The summed E-state index contributed by atoms with van der Waals surface area (Å²) in [5, 5.41) is 5.45. The van der Waals surface area contributed by atoms with Crippen molar-refractivity contribution in [3.63, 3.8) is 0 Å². The molecular weight excluding hydrogens is 364 g/mol. The van der Waals surface area contributed by atoms with E-state index in [4.69, 9.17) is 5.73 Å². The van der Waals surface area contributed by atoms with E-state index >= 15 is 0 Å². The van der Waals surface area contributed by atoms with E-state index in [1.165, 1.54) is 21.8 Å². The van der Waals surface area contributed by atoms with Crippen molar-refractivity contribution in [1.29, 1.82) is 0 Å². The number of nitrogens with one attached hydrogen (secondary N) is 1. The van der Waals surface area contributed by atoms with Gasteiger partial charge in [-0.3, -0.25) is 9.59 Å². The van der Waals surface area contributed by atoms with Crippen molar-refractivity contribution >= 4 is 39.5 Å². The van der Waals surface area contributed by atoms with Crippen LogP contribution in [0.1, 0.15) is 68.8 Å². The Morgan fingerprint density at radius 1 is 1.27 bits per heavy atom. The Morgan fingerprint density at radius 2 is 1.96 bits per heavy atom. The maximum Gasteiger partial charge on any atom is 0.257 e. The first kappa shape index (κ1) is 19.1. The van der Waals surface area contributed by atoms with E-state index in [-0.39, 0.29) is 11.3 Å². The lowest BCUT2D eigenvalue weighted by atomic mass is 9.72. The Kier molecular flexibility index (Phi) is 5.01. The zero-order chi connectivity index (χ0) is 19.2. The van der Waals surface area contributed by atoms with Gasteiger partial charge in [0, 0.05) is 15.1 Å². The smallest absolute Gasteiger partial charge is 0.257 e. The molecule has 1 aliphatic carbocycles. The van der Waals surface area contributed by atoms with Gasteiger partial charge >= 0.3 is 0 Å². The summed E-state index contributed by atoms with van der Waals surface area (Å²) < 4.78 is 0. The molecule has 0 saturated heterocycles. The summed E-state index contributed by atoms with van der Waals surface area (Å²) in [4.78, 5) is 27.0. The summed E-state index contributed by atoms with van der Waals surface area (Å²) in [6.07, 6.45) is 3.09. The fourth-order valence-electron chi connectivity index (χ4n) is 3.62. The highest BCUT2D eigenvalue weighted by molar-refractivity contribution is 7.17. The molecule has 140 valence electrons. The van der Waals surface area contributed by atoms with Crippen molar-refractivity contribution in [2.75, 3.05) is 5.32 Å². The van der Waals surface area contributed by atoms with Crippen LogP contribution >= 0.6 is 22.7 Å². The fraction of sp³-hybridized carbons (Fsp3) is 0.500. The molecule has 1 unspecified atom stereocenters. The van der Waals surface area contributed by atoms with Crippen LogP contribution < -0.4 is 11.1 Å². The average Bonchev–Trinajstić information content (AvgIpc) is 3.07. The molecular formula is C20H26N2O2S2. The van der Waals surface area contributed by atoms with Crippen LogP contribution in [-0.2, 0) is 12.8 Å². The van der Waals surface area contributed by atoms with E-state index in [0.717, 1.165) is 35.3 Å². The molecule has 0 spiro atoms. The predicted octanol–water partition coefficient (Wildman–Crippen LogP) is 4.93. The molecule has 0 bridgehead atoms.